The van der Waals surface area contributed by atoms with Crippen molar-refractivity contribution in [1.29, 1.82) is 0 Å². The number of amides is 3. The second-order valence-electron chi connectivity index (χ2n) is 8.33. The Bertz CT molecular complexity index is 1420. The first-order valence-electron chi connectivity index (χ1n) is 11.6. The Balaban J connectivity index is 1.38. The molecule has 1 heterocycles. The first-order chi connectivity index (χ1) is 17.6. The Hall–Kier alpha value is -4.91. The van der Waals surface area contributed by atoms with Crippen molar-refractivity contribution in [2.24, 2.45) is 4.99 Å². The van der Waals surface area contributed by atoms with E-state index in [1.165, 1.54) is 4.90 Å². The molecule has 0 aliphatic carbocycles. The lowest BCUT2D eigenvalue weighted by Crippen LogP contribution is -2.47. The monoisotopic (exact) mass is 475 g/mol. The highest BCUT2D eigenvalue weighted by Crippen LogP contribution is 2.27. The van der Waals surface area contributed by atoms with E-state index >= 15 is 0 Å². The number of nitrogens with one attached hydrogen (secondary N) is 3. The maximum Gasteiger partial charge on any atom is 0.321 e. The van der Waals surface area contributed by atoms with Crippen molar-refractivity contribution in [1.82, 2.24) is 5.32 Å². The minimum absolute atomic E-state index is 0.331. The zero-order chi connectivity index (χ0) is 24.9. The smallest absolute Gasteiger partial charge is 0.321 e. The molecule has 0 aromatic heterocycles. The van der Waals surface area contributed by atoms with Crippen molar-refractivity contribution in [3.8, 4) is 0 Å². The zero-order valence-corrected chi connectivity index (χ0v) is 19.7. The van der Waals surface area contributed by atoms with E-state index in [-0.39, 0.29) is 5.91 Å². The van der Waals surface area contributed by atoms with Crippen LogP contribution in [-0.2, 0) is 4.79 Å². The highest BCUT2D eigenvalue weighted by atomic mass is 16.2. The number of carbonyl (C=O) groups excluding carboxylic acids is 2. The molecule has 178 valence electrons. The minimum atomic E-state index is -1.09. The first kappa shape index (κ1) is 22.9. The molecule has 1 aliphatic rings. The van der Waals surface area contributed by atoms with Gasteiger partial charge < -0.3 is 20.9 Å². The maximum atomic E-state index is 13.3. The molecular weight excluding hydrogens is 450 g/mol. The van der Waals surface area contributed by atoms with E-state index < -0.39 is 12.2 Å². The molecule has 7 heteroatoms. The van der Waals surface area contributed by atoms with Crippen molar-refractivity contribution < 1.29 is 9.59 Å². The van der Waals surface area contributed by atoms with Gasteiger partial charge in [0.2, 0.25) is 6.17 Å². The molecule has 0 bridgehead atoms. The van der Waals surface area contributed by atoms with E-state index in [4.69, 9.17) is 4.99 Å². The van der Waals surface area contributed by atoms with Crippen molar-refractivity contribution in [2.75, 3.05) is 22.6 Å². The van der Waals surface area contributed by atoms with Gasteiger partial charge in [-0.3, -0.25) is 4.79 Å². The van der Waals surface area contributed by atoms with Crippen molar-refractivity contribution in [2.45, 2.75) is 6.17 Å². The fraction of sp³-hybridized carbons (Fsp3) is 0.0690. The molecule has 5 rings (SSSR count). The number of para-hydroxylation sites is 2. The van der Waals surface area contributed by atoms with Crippen LogP contribution in [0, 0.1) is 0 Å². The summed E-state index contributed by atoms with van der Waals surface area (Å²) in [5.41, 5.74) is 5.40. The van der Waals surface area contributed by atoms with E-state index in [1.54, 1.807) is 13.1 Å². The molecule has 0 saturated heterocycles. The largest absolute Gasteiger partial charge is 0.355 e. The van der Waals surface area contributed by atoms with Gasteiger partial charge in [0.05, 0.1) is 11.4 Å². The summed E-state index contributed by atoms with van der Waals surface area (Å²) in [6.07, 6.45) is -1.09. The normalized spacial score (nSPS) is 14.8. The molecule has 1 unspecified atom stereocenters. The van der Waals surface area contributed by atoms with Crippen molar-refractivity contribution in [3.05, 3.63) is 120 Å². The number of hydrogen-bond acceptors (Lipinski definition) is 4. The molecule has 36 heavy (non-hydrogen) atoms. The summed E-state index contributed by atoms with van der Waals surface area (Å²) in [7, 11) is 1.69. The summed E-state index contributed by atoms with van der Waals surface area (Å²) in [6.45, 7) is 0. The Morgan fingerprint density at radius 1 is 0.778 bits per heavy atom. The summed E-state index contributed by atoms with van der Waals surface area (Å²) in [4.78, 5) is 32.5. The molecule has 1 aliphatic heterocycles. The fourth-order valence-corrected chi connectivity index (χ4v) is 4.10. The maximum absolute atomic E-state index is 13.3. The van der Waals surface area contributed by atoms with Crippen LogP contribution in [0.2, 0.25) is 0 Å². The third-order valence-electron chi connectivity index (χ3n) is 5.84. The topological polar surface area (TPSA) is 85.8 Å². The number of fused-ring (bicyclic) bond motifs is 1. The third-order valence-corrected chi connectivity index (χ3v) is 5.84. The predicted octanol–water partition coefficient (Wildman–Crippen LogP) is 5.39. The lowest BCUT2D eigenvalue weighted by Gasteiger charge is -2.21. The van der Waals surface area contributed by atoms with Gasteiger partial charge in [-0.25, -0.2) is 9.79 Å². The predicted molar refractivity (Wildman–Crippen MR) is 144 cm³/mol. The van der Waals surface area contributed by atoms with E-state index in [1.807, 2.05) is 103 Å². The number of benzodiazepines with no additional fused rings is 1. The second kappa shape index (κ2) is 10.1. The summed E-state index contributed by atoms with van der Waals surface area (Å²) in [5.74, 6) is -0.331. The van der Waals surface area contributed by atoms with Gasteiger partial charge in [-0.05, 0) is 36.4 Å². The van der Waals surface area contributed by atoms with Gasteiger partial charge in [-0.2, -0.15) is 0 Å². The molecule has 4 aromatic rings. The van der Waals surface area contributed by atoms with Gasteiger partial charge in [0, 0.05) is 35.2 Å². The number of nitrogens with zero attached hydrogens (tertiary/aromatic N) is 2. The van der Waals surface area contributed by atoms with Crippen molar-refractivity contribution in [3.63, 3.8) is 0 Å². The molecule has 0 fully saturated rings. The van der Waals surface area contributed by atoms with Crippen LogP contribution >= 0.6 is 0 Å². The van der Waals surface area contributed by atoms with E-state index in [0.29, 0.717) is 11.4 Å². The van der Waals surface area contributed by atoms with Crippen LogP contribution in [0.15, 0.2) is 114 Å². The molecule has 0 spiro atoms. The van der Waals surface area contributed by atoms with Crippen molar-refractivity contribution >= 4 is 40.4 Å². The number of carbonyl (C=O) groups is 2. The van der Waals surface area contributed by atoms with E-state index in [9.17, 15) is 9.59 Å². The van der Waals surface area contributed by atoms with Gasteiger partial charge in [0.25, 0.3) is 5.91 Å². The molecule has 3 amide bonds. The van der Waals surface area contributed by atoms with Crippen LogP contribution in [0.5, 0.6) is 0 Å². The van der Waals surface area contributed by atoms with E-state index in [2.05, 4.69) is 16.0 Å². The van der Waals surface area contributed by atoms with Gasteiger partial charge in [0.1, 0.15) is 0 Å². The Morgan fingerprint density at radius 2 is 1.42 bits per heavy atom. The van der Waals surface area contributed by atoms with Gasteiger partial charge in [0.15, 0.2) is 0 Å². The van der Waals surface area contributed by atoms with Crippen LogP contribution in [-0.4, -0.2) is 30.9 Å². The number of anilines is 4. The zero-order valence-electron chi connectivity index (χ0n) is 19.7. The second-order valence-corrected chi connectivity index (χ2v) is 8.33. The van der Waals surface area contributed by atoms with Crippen LogP contribution in [0.3, 0.4) is 0 Å². The number of hydrogen-bond donors (Lipinski definition) is 3. The number of aliphatic imine (C=N–C) groups is 1. The number of benzene rings is 4. The van der Waals surface area contributed by atoms with Gasteiger partial charge in [-0.1, -0.05) is 72.8 Å². The third kappa shape index (κ3) is 4.95. The van der Waals surface area contributed by atoms with Gasteiger partial charge >= 0.3 is 6.03 Å². The van der Waals surface area contributed by atoms with Crippen LogP contribution in [0.1, 0.15) is 11.1 Å². The quantitative estimate of drug-likeness (QED) is 0.362. The molecule has 1 atom stereocenters. The lowest BCUT2D eigenvalue weighted by molar-refractivity contribution is -0.119. The van der Waals surface area contributed by atoms with Crippen LogP contribution < -0.4 is 20.9 Å². The van der Waals surface area contributed by atoms with Crippen LogP contribution in [0.25, 0.3) is 0 Å². The lowest BCUT2D eigenvalue weighted by atomic mass is 10.0. The summed E-state index contributed by atoms with van der Waals surface area (Å²) >= 11 is 0. The SMILES string of the molecule is CN1C(=O)C(NC(=O)Nc2cccc(Nc3ccccc3)c2)N=C(c2ccccc2)c2ccccc21. The molecule has 4 aromatic carbocycles. The number of rotatable bonds is 5. The average molecular weight is 476 g/mol. The highest BCUT2D eigenvalue weighted by Gasteiger charge is 2.30. The van der Waals surface area contributed by atoms with Gasteiger partial charge in [-0.15, -0.1) is 0 Å². The fourth-order valence-electron chi connectivity index (χ4n) is 4.10. The standard InChI is InChI=1S/C29H25N5O2/c1-34-25-18-9-8-17-24(25)26(20-11-4-2-5-12-20)32-27(28(34)35)33-29(36)31-23-16-10-15-22(19-23)30-21-13-6-3-7-14-21/h2-19,27,30H,1H3,(H2,31,33,36). The van der Waals surface area contributed by atoms with E-state index in [0.717, 1.165) is 28.2 Å². The molecule has 0 saturated carbocycles. The summed E-state index contributed by atoms with van der Waals surface area (Å²) in [6, 6.07) is 33.8. The first-order valence-corrected chi connectivity index (χ1v) is 11.6. The molecular formula is C29H25N5O2. The average Bonchev–Trinajstić information content (AvgIpc) is 3.01. The Kier molecular flexibility index (Phi) is 6.44. The Labute approximate surface area is 209 Å². The number of urea groups is 1. The molecule has 3 N–H and O–H groups in total. The number of likely N-dealkylation sites (N-methyl/N-ethyl adjacent to an activating group) is 1. The summed E-state index contributed by atoms with van der Waals surface area (Å²) < 4.78 is 0. The molecule has 7 nitrogen and oxygen atoms in total. The highest BCUT2D eigenvalue weighted by molar-refractivity contribution is 6.20. The minimum Gasteiger partial charge on any atom is -0.355 e. The Morgan fingerprint density at radius 3 is 2.19 bits per heavy atom. The summed E-state index contributed by atoms with van der Waals surface area (Å²) in [5, 5.41) is 8.86. The van der Waals surface area contributed by atoms with Crippen LogP contribution in [0.4, 0.5) is 27.5 Å². The molecule has 0 radical (unpaired) electrons.